The van der Waals surface area contributed by atoms with E-state index in [0.717, 1.165) is 24.8 Å². The highest BCUT2D eigenvalue weighted by Gasteiger charge is 2.41. The molecule has 0 spiro atoms. The topological polar surface area (TPSA) is 64.4 Å². The van der Waals surface area contributed by atoms with E-state index in [-0.39, 0.29) is 18.1 Å². The molecular weight excluding hydrogens is 252 g/mol. The lowest BCUT2D eigenvalue weighted by molar-refractivity contribution is 0.0841. The summed E-state index contributed by atoms with van der Waals surface area (Å²) in [5.74, 6) is 5.68. The van der Waals surface area contributed by atoms with Crippen molar-refractivity contribution in [2.45, 2.75) is 37.5 Å². The molecule has 1 amide bonds. The van der Waals surface area contributed by atoms with E-state index >= 15 is 0 Å². The Kier molecular flexibility index (Phi) is 3.72. The van der Waals surface area contributed by atoms with E-state index in [0.29, 0.717) is 18.2 Å². The van der Waals surface area contributed by atoms with Crippen LogP contribution in [0.1, 0.15) is 35.2 Å². The van der Waals surface area contributed by atoms with Gasteiger partial charge in [-0.05, 0) is 37.5 Å². The van der Waals surface area contributed by atoms with Crippen LogP contribution in [0.5, 0.6) is 0 Å². The highest BCUT2D eigenvalue weighted by atomic mass is 16.5. The zero-order valence-corrected chi connectivity index (χ0v) is 11.3. The van der Waals surface area contributed by atoms with Gasteiger partial charge < -0.3 is 15.8 Å². The summed E-state index contributed by atoms with van der Waals surface area (Å²) in [5.41, 5.74) is 6.80. The lowest BCUT2D eigenvalue weighted by Gasteiger charge is -2.20. The number of amides is 1. The van der Waals surface area contributed by atoms with Crippen LogP contribution in [0.3, 0.4) is 0 Å². The highest BCUT2D eigenvalue weighted by Crippen LogP contribution is 2.34. The maximum absolute atomic E-state index is 12.3. The Hall–Kier alpha value is -1.83. The molecular formula is C16H18N2O2. The van der Waals surface area contributed by atoms with Gasteiger partial charge in [-0.1, -0.05) is 17.9 Å². The van der Waals surface area contributed by atoms with Gasteiger partial charge in [-0.3, -0.25) is 4.79 Å². The summed E-state index contributed by atoms with van der Waals surface area (Å²) in [6, 6.07) is 7.47. The van der Waals surface area contributed by atoms with Crippen molar-refractivity contribution in [2.75, 3.05) is 6.54 Å². The number of rotatable bonds is 2. The van der Waals surface area contributed by atoms with E-state index < -0.39 is 0 Å². The molecule has 104 valence electrons. The second-order valence-electron chi connectivity index (χ2n) is 5.28. The number of hydrogen-bond acceptors (Lipinski definition) is 3. The molecule has 3 rings (SSSR count). The molecule has 0 saturated carbocycles. The van der Waals surface area contributed by atoms with Crippen molar-refractivity contribution >= 4 is 5.91 Å². The van der Waals surface area contributed by atoms with Crippen molar-refractivity contribution in [1.29, 1.82) is 0 Å². The van der Waals surface area contributed by atoms with Crippen molar-refractivity contribution in [1.82, 2.24) is 5.32 Å². The van der Waals surface area contributed by atoms with Crippen LogP contribution in [0.15, 0.2) is 24.3 Å². The van der Waals surface area contributed by atoms with Crippen LogP contribution in [-0.4, -0.2) is 30.7 Å². The Labute approximate surface area is 118 Å². The molecule has 0 aliphatic carbocycles. The average Bonchev–Trinajstić information content (AvgIpc) is 3.08. The standard InChI is InChI=1S/C16H18N2O2/c17-8-2-4-11-3-1-5-12(9-11)16(19)18-14-10-13-6-7-15(14)20-13/h1,3,5,9,13-15H,6-8,10,17H2,(H,18,19). The molecule has 2 heterocycles. The molecule has 1 aromatic rings. The zero-order chi connectivity index (χ0) is 13.9. The minimum absolute atomic E-state index is 0.0532. The Bertz CT molecular complexity index is 573. The van der Waals surface area contributed by atoms with Gasteiger partial charge in [-0.15, -0.1) is 0 Å². The second kappa shape index (κ2) is 5.66. The molecule has 1 aromatic carbocycles. The van der Waals surface area contributed by atoms with Gasteiger partial charge in [-0.25, -0.2) is 0 Å². The molecule has 2 saturated heterocycles. The van der Waals surface area contributed by atoms with E-state index in [2.05, 4.69) is 17.2 Å². The number of nitrogens with two attached hydrogens (primary N) is 1. The number of ether oxygens (including phenoxy) is 1. The molecule has 3 atom stereocenters. The van der Waals surface area contributed by atoms with Crippen LogP contribution in [0, 0.1) is 11.8 Å². The Morgan fingerprint density at radius 3 is 3.05 bits per heavy atom. The van der Waals surface area contributed by atoms with Gasteiger partial charge in [0.2, 0.25) is 0 Å². The quantitative estimate of drug-likeness (QED) is 0.789. The van der Waals surface area contributed by atoms with E-state index in [1.807, 2.05) is 12.1 Å². The summed E-state index contributed by atoms with van der Waals surface area (Å²) < 4.78 is 5.75. The average molecular weight is 270 g/mol. The number of fused-ring (bicyclic) bond motifs is 2. The third-order valence-corrected chi connectivity index (χ3v) is 3.88. The lowest BCUT2D eigenvalue weighted by atomic mass is 9.95. The zero-order valence-electron chi connectivity index (χ0n) is 11.3. The van der Waals surface area contributed by atoms with Crippen LogP contribution in [-0.2, 0) is 4.74 Å². The predicted octanol–water partition coefficient (Wildman–Crippen LogP) is 1.05. The van der Waals surface area contributed by atoms with Crippen LogP contribution in [0.2, 0.25) is 0 Å². The molecule has 0 radical (unpaired) electrons. The molecule has 4 nitrogen and oxygen atoms in total. The summed E-state index contributed by atoms with van der Waals surface area (Å²) >= 11 is 0. The first-order valence-corrected chi connectivity index (χ1v) is 7.01. The molecule has 0 aromatic heterocycles. The molecule has 2 bridgehead atoms. The van der Waals surface area contributed by atoms with E-state index in [1.165, 1.54) is 0 Å². The van der Waals surface area contributed by atoms with Crippen molar-refractivity contribution in [3.05, 3.63) is 35.4 Å². The molecule has 2 aliphatic heterocycles. The SMILES string of the molecule is NCC#Cc1cccc(C(=O)NC2CC3CCC2O3)c1. The van der Waals surface area contributed by atoms with Gasteiger partial charge >= 0.3 is 0 Å². The van der Waals surface area contributed by atoms with Gasteiger partial charge in [0, 0.05) is 11.1 Å². The fraction of sp³-hybridized carbons (Fsp3) is 0.438. The first-order valence-electron chi connectivity index (χ1n) is 7.01. The summed E-state index contributed by atoms with van der Waals surface area (Å²) in [4.78, 5) is 12.3. The minimum atomic E-state index is -0.0532. The predicted molar refractivity (Wildman–Crippen MR) is 76.1 cm³/mol. The van der Waals surface area contributed by atoms with Gasteiger partial charge in [0.1, 0.15) is 0 Å². The summed E-state index contributed by atoms with van der Waals surface area (Å²) in [7, 11) is 0. The fourth-order valence-electron chi connectivity index (χ4n) is 2.93. The van der Waals surface area contributed by atoms with E-state index in [1.54, 1.807) is 12.1 Å². The van der Waals surface area contributed by atoms with Gasteiger partial charge in [0.15, 0.2) is 0 Å². The highest BCUT2D eigenvalue weighted by molar-refractivity contribution is 5.94. The molecule has 2 fully saturated rings. The number of benzene rings is 1. The number of carbonyl (C=O) groups excluding carboxylic acids is 1. The lowest BCUT2D eigenvalue weighted by Crippen LogP contribution is -2.41. The normalized spacial score (nSPS) is 26.9. The Morgan fingerprint density at radius 1 is 1.45 bits per heavy atom. The summed E-state index contributed by atoms with van der Waals surface area (Å²) in [5, 5.41) is 3.07. The van der Waals surface area contributed by atoms with Gasteiger partial charge in [0.25, 0.3) is 5.91 Å². The van der Waals surface area contributed by atoms with Crippen LogP contribution >= 0.6 is 0 Å². The monoisotopic (exact) mass is 270 g/mol. The van der Waals surface area contributed by atoms with Crippen LogP contribution in [0.4, 0.5) is 0 Å². The Balaban J connectivity index is 1.68. The Morgan fingerprint density at radius 2 is 2.35 bits per heavy atom. The maximum Gasteiger partial charge on any atom is 0.251 e. The molecule has 4 heteroatoms. The largest absolute Gasteiger partial charge is 0.373 e. The molecule has 2 aliphatic rings. The number of hydrogen-bond donors (Lipinski definition) is 2. The third kappa shape index (κ3) is 2.69. The summed E-state index contributed by atoms with van der Waals surface area (Å²) in [6.45, 7) is 0.318. The first-order chi connectivity index (χ1) is 9.76. The van der Waals surface area contributed by atoms with Crippen molar-refractivity contribution in [3.8, 4) is 11.8 Å². The number of nitrogens with one attached hydrogen (secondary N) is 1. The second-order valence-corrected chi connectivity index (χ2v) is 5.28. The number of carbonyl (C=O) groups is 1. The van der Waals surface area contributed by atoms with Crippen molar-refractivity contribution in [2.24, 2.45) is 5.73 Å². The van der Waals surface area contributed by atoms with Crippen molar-refractivity contribution < 1.29 is 9.53 Å². The van der Waals surface area contributed by atoms with Crippen LogP contribution < -0.4 is 11.1 Å². The fourth-order valence-corrected chi connectivity index (χ4v) is 2.93. The van der Waals surface area contributed by atoms with E-state index in [4.69, 9.17) is 10.5 Å². The maximum atomic E-state index is 12.3. The van der Waals surface area contributed by atoms with Gasteiger partial charge in [-0.2, -0.15) is 0 Å². The smallest absolute Gasteiger partial charge is 0.251 e. The third-order valence-electron chi connectivity index (χ3n) is 3.88. The van der Waals surface area contributed by atoms with Gasteiger partial charge in [0.05, 0.1) is 24.8 Å². The minimum Gasteiger partial charge on any atom is -0.373 e. The molecule has 3 unspecified atom stereocenters. The van der Waals surface area contributed by atoms with E-state index in [9.17, 15) is 4.79 Å². The van der Waals surface area contributed by atoms with Crippen LogP contribution in [0.25, 0.3) is 0 Å². The first kappa shape index (κ1) is 13.2. The molecule has 20 heavy (non-hydrogen) atoms. The molecule has 3 N–H and O–H groups in total. The summed E-state index contributed by atoms with van der Waals surface area (Å²) in [6.07, 6.45) is 3.65. The van der Waals surface area contributed by atoms with Crippen molar-refractivity contribution in [3.63, 3.8) is 0 Å².